The molecule has 120 valence electrons. The van der Waals surface area contributed by atoms with Gasteiger partial charge in [0.25, 0.3) is 5.91 Å². The second kappa shape index (κ2) is 7.33. The van der Waals surface area contributed by atoms with Crippen LogP contribution in [0.1, 0.15) is 23.2 Å². The minimum Gasteiger partial charge on any atom is -0.352 e. The zero-order chi connectivity index (χ0) is 16.1. The quantitative estimate of drug-likeness (QED) is 0.912. The van der Waals surface area contributed by atoms with E-state index in [1.807, 2.05) is 0 Å². The van der Waals surface area contributed by atoms with Crippen LogP contribution in [0.25, 0.3) is 11.1 Å². The van der Waals surface area contributed by atoms with E-state index in [0.717, 1.165) is 25.9 Å². The second-order valence-electron chi connectivity index (χ2n) is 5.85. The lowest BCUT2D eigenvalue weighted by Crippen LogP contribution is -2.36. The third-order valence-corrected chi connectivity index (χ3v) is 4.20. The molecule has 2 heterocycles. The van der Waals surface area contributed by atoms with Crippen LogP contribution in [0.2, 0.25) is 0 Å². The van der Waals surface area contributed by atoms with Gasteiger partial charge in [0, 0.05) is 30.1 Å². The molecular formula is C18H20FN3O. The predicted molar refractivity (Wildman–Crippen MR) is 87.6 cm³/mol. The van der Waals surface area contributed by atoms with Crippen molar-refractivity contribution in [3.8, 4) is 11.1 Å². The third kappa shape index (κ3) is 3.93. The summed E-state index contributed by atoms with van der Waals surface area (Å²) in [6.45, 7) is 2.68. The fraction of sp³-hybridized carbons (Fsp3) is 0.333. The number of carbonyl (C=O) groups excluding carboxylic acids is 1. The van der Waals surface area contributed by atoms with Crippen molar-refractivity contribution in [2.24, 2.45) is 5.92 Å². The number of rotatable bonds is 4. The average Bonchev–Trinajstić information content (AvgIpc) is 2.61. The van der Waals surface area contributed by atoms with Crippen LogP contribution in [0.5, 0.6) is 0 Å². The number of pyridine rings is 1. The van der Waals surface area contributed by atoms with Crippen molar-refractivity contribution in [3.63, 3.8) is 0 Å². The van der Waals surface area contributed by atoms with E-state index in [9.17, 15) is 9.18 Å². The molecule has 1 aromatic carbocycles. The number of halogens is 1. The molecule has 1 aliphatic rings. The first kappa shape index (κ1) is 15.6. The molecular weight excluding hydrogens is 293 g/mol. The summed E-state index contributed by atoms with van der Waals surface area (Å²) in [6, 6.07) is 8.18. The van der Waals surface area contributed by atoms with Crippen LogP contribution in [0, 0.1) is 11.7 Å². The highest BCUT2D eigenvalue weighted by Gasteiger charge is 2.15. The third-order valence-electron chi connectivity index (χ3n) is 4.20. The van der Waals surface area contributed by atoms with E-state index >= 15 is 0 Å². The summed E-state index contributed by atoms with van der Waals surface area (Å²) >= 11 is 0. The van der Waals surface area contributed by atoms with Crippen molar-refractivity contribution in [2.75, 3.05) is 19.6 Å². The molecule has 4 nitrogen and oxygen atoms in total. The smallest absolute Gasteiger partial charge is 0.252 e. The van der Waals surface area contributed by atoms with E-state index in [0.29, 0.717) is 29.2 Å². The molecule has 0 atom stereocenters. The van der Waals surface area contributed by atoms with Gasteiger partial charge in [0.15, 0.2) is 0 Å². The van der Waals surface area contributed by atoms with E-state index in [1.165, 1.54) is 12.3 Å². The van der Waals surface area contributed by atoms with Crippen LogP contribution in [-0.4, -0.2) is 30.5 Å². The lowest BCUT2D eigenvalue weighted by atomic mass is 9.98. The summed E-state index contributed by atoms with van der Waals surface area (Å²) in [7, 11) is 0. The number of carbonyl (C=O) groups is 1. The first-order valence-corrected chi connectivity index (χ1v) is 7.93. The first-order chi connectivity index (χ1) is 11.2. The van der Waals surface area contributed by atoms with Crippen molar-refractivity contribution in [2.45, 2.75) is 12.8 Å². The summed E-state index contributed by atoms with van der Waals surface area (Å²) in [5.74, 6) is 0.0405. The number of hydrogen-bond acceptors (Lipinski definition) is 3. The lowest BCUT2D eigenvalue weighted by Gasteiger charge is -2.22. The van der Waals surface area contributed by atoms with Crippen molar-refractivity contribution in [1.82, 2.24) is 15.6 Å². The zero-order valence-corrected chi connectivity index (χ0v) is 12.9. The molecule has 1 aliphatic heterocycles. The van der Waals surface area contributed by atoms with Gasteiger partial charge in [0.2, 0.25) is 0 Å². The molecule has 0 spiro atoms. The molecule has 0 aliphatic carbocycles. The summed E-state index contributed by atoms with van der Waals surface area (Å²) in [6.07, 6.45) is 5.24. The number of hydrogen-bond donors (Lipinski definition) is 2. The molecule has 0 unspecified atom stereocenters. The zero-order valence-electron chi connectivity index (χ0n) is 12.9. The predicted octanol–water partition coefficient (Wildman–Crippen LogP) is 2.62. The Bertz CT molecular complexity index is 683. The number of piperidine rings is 1. The minimum absolute atomic E-state index is 0.158. The monoisotopic (exact) mass is 313 g/mol. The standard InChI is InChI=1S/C18H20FN3O/c19-17-4-2-1-3-16(17)14-9-15(12-21-11-14)18(23)22-10-13-5-7-20-8-6-13/h1-4,9,11-13,20H,5-8,10H2,(H,22,23). The highest BCUT2D eigenvalue weighted by Crippen LogP contribution is 2.22. The SMILES string of the molecule is O=C(NCC1CCNCC1)c1cncc(-c2ccccc2F)c1. The van der Waals surface area contributed by atoms with Crippen molar-refractivity contribution >= 4 is 5.91 Å². The van der Waals surface area contributed by atoms with Crippen molar-refractivity contribution < 1.29 is 9.18 Å². The summed E-state index contributed by atoms with van der Waals surface area (Å²) in [5, 5.41) is 6.27. The van der Waals surface area contributed by atoms with Crippen LogP contribution in [-0.2, 0) is 0 Å². The fourth-order valence-corrected chi connectivity index (χ4v) is 2.83. The number of amides is 1. The van der Waals surface area contributed by atoms with E-state index in [1.54, 1.807) is 30.5 Å². The first-order valence-electron chi connectivity index (χ1n) is 7.93. The van der Waals surface area contributed by atoms with E-state index in [2.05, 4.69) is 15.6 Å². The van der Waals surface area contributed by atoms with Gasteiger partial charge >= 0.3 is 0 Å². The van der Waals surface area contributed by atoms with Gasteiger partial charge in [-0.2, -0.15) is 0 Å². The van der Waals surface area contributed by atoms with Crippen LogP contribution < -0.4 is 10.6 Å². The van der Waals surface area contributed by atoms with Gasteiger partial charge in [-0.15, -0.1) is 0 Å². The van der Waals surface area contributed by atoms with Crippen LogP contribution >= 0.6 is 0 Å². The van der Waals surface area contributed by atoms with Crippen molar-refractivity contribution in [3.05, 3.63) is 54.1 Å². The Balaban J connectivity index is 1.69. The summed E-state index contributed by atoms with van der Waals surface area (Å²) in [4.78, 5) is 16.4. The van der Waals surface area contributed by atoms with Gasteiger partial charge in [0.1, 0.15) is 5.82 Å². The van der Waals surface area contributed by atoms with E-state index in [4.69, 9.17) is 0 Å². The minimum atomic E-state index is -0.318. The highest BCUT2D eigenvalue weighted by molar-refractivity contribution is 5.95. The maximum atomic E-state index is 13.9. The summed E-state index contributed by atoms with van der Waals surface area (Å²) in [5.41, 5.74) is 1.52. The van der Waals surface area contributed by atoms with Crippen LogP contribution in [0.15, 0.2) is 42.7 Å². The highest BCUT2D eigenvalue weighted by atomic mass is 19.1. The topological polar surface area (TPSA) is 54.0 Å². The van der Waals surface area contributed by atoms with E-state index in [-0.39, 0.29) is 11.7 Å². The van der Waals surface area contributed by atoms with Crippen LogP contribution in [0.4, 0.5) is 4.39 Å². The largest absolute Gasteiger partial charge is 0.352 e. The number of aromatic nitrogens is 1. The van der Waals surface area contributed by atoms with Gasteiger partial charge < -0.3 is 10.6 Å². The molecule has 0 radical (unpaired) electrons. The lowest BCUT2D eigenvalue weighted by molar-refractivity contribution is 0.0944. The van der Waals surface area contributed by atoms with Gasteiger partial charge in [0.05, 0.1) is 5.56 Å². The molecule has 2 aromatic rings. The van der Waals surface area contributed by atoms with Crippen molar-refractivity contribution in [1.29, 1.82) is 0 Å². The molecule has 5 heteroatoms. The molecule has 2 N–H and O–H groups in total. The van der Waals surface area contributed by atoms with Gasteiger partial charge in [-0.3, -0.25) is 9.78 Å². The number of nitrogens with zero attached hydrogens (tertiary/aromatic N) is 1. The van der Waals surface area contributed by atoms with Gasteiger partial charge in [-0.05, 0) is 44.0 Å². The fourth-order valence-electron chi connectivity index (χ4n) is 2.83. The molecule has 1 aromatic heterocycles. The van der Waals surface area contributed by atoms with Gasteiger partial charge in [-0.25, -0.2) is 4.39 Å². The van der Waals surface area contributed by atoms with E-state index < -0.39 is 0 Å². The number of nitrogens with one attached hydrogen (secondary N) is 2. The second-order valence-corrected chi connectivity index (χ2v) is 5.85. The summed E-state index contributed by atoms with van der Waals surface area (Å²) < 4.78 is 13.9. The van der Waals surface area contributed by atoms with Crippen LogP contribution in [0.3, 0.4) is 0 Å². The normalized spacial score (nSPS) is 15.3. The Morgan fingerprint density at radius 1 is 1.26 bits per heavy atom. The Morgan fingerprint density at radius 2 is 2.04 bits per heavy atom. The van der Waals surface area contributed by atoms with Gasteiger partial charge in [-0.1, -0.05) is 18.2 Å². The molecule has 1 fully saturated rings. The Labute approximate surface area is 135 Å². The Morgan fingerprint density at radius 3 is 2.83 bits per heavy atom. The number of benzene rings is 1. The molecule has 23 heavy (non-hydrogen) atoms. The maximum Gasteiger partial charge on any atom is 0.252 e. The Hall–Kier alpha value is -2.27. The maximum absolute atomic E-state index is 13.9. The molecule has 3 rings (SSSR count). The molecule has 1 amide bonds. The molecule has 0 saturated carbocycles. The molecule has 0 bridgehead atoms. The molecule has 1 saturated heterocycles. The average molecular weight is 313 g/mol. The Kier molecular flexibility index (Phi) is 4.98.